The number of piperidine rings is 1. The first-order valence-corrected chi connectivity index (χ1v) is 13.1. The van der Waals surface area contributed by atoms with E-state index in [1.54, 1.807) is 23.9 Å². The van der Waals surface area contributed by atoms with Crippen molar-refractivity contribution in [3.63, 3.8) is 0 Å². The fraction of sp³-hybridized carbons (Fsp3) is 0.407. The van der Waals surface area contributed by atoms with Crippen molar-refractivity contribution in [3.05, 3.63) is 76.4 Å². The number of fused-ring (bicyclic) bond motifs is 1. The van der Waals surface area contributed by atoms with Gasteiger partial charge in [-0.25, -0.2) is 4.39 Å². The Bertz CT molecular complexity index is 1130. The number of hydrogen-bond acceptors (Lipinski definition) is 5. The van der Waals surface area contributed by atoms with Crippen LogP contribution in [0.15, 0.2) is 53.9 Å². The molecule has 3 heterocycles. The summed E-state index contributed by atoms with van der Waals surface area (Å²) in [6.45, 7) is 5.43. The molecule has 3 aliphatic heterocycles. The second kappa shape index (κ2) is 10.1. The molecule has 2 amide bonds. The first-order chi connectivity index (χ1) is 16.9. The van der Waals surface area contributed by atoms with E-state index in [1.165, 1.54) is 17.7 Å². The van der Waals surface area contributed by atoms with Crippen LogP contribution in [0.3, 0.4) is 0 Å². The summed E-state index contributed by atoms with van der Waals surface area (Å²) in [4.78, 5) is 28.0. The Kier molecular flexibility index (Phi) is 6.95. The summed E-state index contributed by atoms with van der Waals surface area (Å²) < 4.78 is 13.2. The van der Waals surface area contributed by atoms with Crippen molar-refractivity contribution in [1.29, 1.82) is 0 Å². The van der Waals surface area contributed by atoms with E-state index in [9.17, 15) is 14.0 Å². The third-order valence-electron chi connectivity index (χ3n) is 7.20. The van der Waals surface area contributed by atoms with Crippen LogP contribution in [-0.4, -0.2) is 47.4 Å². The number of benzene rings is 2. The second-order valence-corrected chi connectivity index (χ2v) is 10.7. The van der Waals surface area contributed by atoms with Gasteiger partial charge in [-0.15, -0.1) is 11.8 Å². The number of carbonyl (C=O) groups is 2. The van der Waals surface area contributed by atoms with Gasteiger partial charge in [-0.3, -0.25) is 19.8 Å². The van der Waals surface area contributed by atoms with E-state index in [2.05, 4.69) is 57.4 Å². The molecule has 3 N–H and O–H groups in total. The molecule has 0 radical (unpaired) electrons. The van der Waals surface area contributed by atoms with E-state index >= 15 is 0 Å². The summed E-state index contributed by atoms with van der Waals surface area (Å²) in [5, 5.41) is 11.8. The minimum absolute atomic E-state index is 0.0269. The number of amides is 2. The lowest BCUT2D eigenvalue weighted by molar-refractivity contribution is -0.130. The Hall–Kier alpha value is -2.68. The third kappa shape index (κ3) is 5.15. The molecule has 0 aliphatic carbocycles. The van der Waals surface area contributed by atoms with Gasteiger partial charge in [-0.2, -0.15) is 0 Å². The number of rotatable bonds is 5. The molecular formula is C27H31FN4O2S. The molecule has 6 nitrogen and oxygen atoms in total. The average molecular weight is 495 g/mol. The molecule has 2 fully saturated rings. The van der Waals surface area contributed by atoms with Crippen molar-refractivity contribution in [2.45, 2.75) is 50.3 Å². The molecule has 0 saturated carbocycles. The quantitative estimate of drug-likeness (QED) is 0.593. The minimum Gasteiger partial charge on any atom is -0.349 e. The highest BCUT2D eigenvalue weighted by Gasteiger charge is 2.44. The lowest BCUT2D eigenvalue weighted by Crippen LogP contribution is -2.68. The number of hydrogen-bond donors (Lipinski definition) is 3. The fourth-order valence-corrected chi connectivity index (χ4v) is 6.29. The van der Waals surface area contributed by atoms with Gasteiger partial charge < -0.3 is 10.6 Å². The van der Waals surface area contributed by atoms with Crippen molar-refractivity contribution in [2.75, 3.05) is 13.1 Å². The summed E-state index contributed by atoms with van der Waals surface area (Å²) in [6.07, 6.45) is 1.19. The standard InChI is InChI=1S/C27H31FN4O2S/c1-16-4-3-5-20(14-16)22-15-35-24-23(22)30-27(31-26(24)34)32-12-10-19(11-13-32)25(33)29-17(2)18-6-8-21(28)9-7-18/h3-9,14-15,17,19,23-24,27,30H,10-13H2,1-2H3,(H,29,33)(H,31,34). The first-order valence-electron chi connectivity index (χ1n) is 12.2. The highest BCUT2D eigenvalue weighted by atomic mass is 32.2. The van der Waals surface area contributed by atoms with Crippen LogP contribution in [-0.2, 0) is 9.59 Å². The zero-order chi connectivity index (χ0) is 24.5. The smallest absolute Gasteiger partial charge is 0.237 e. The SMILES string of the molecule is Cc1cccc(C2=CSC3C(=O)NC(N4CCC(C(=O)NC(C)c5ccc(F)cc5)CC4)NC23)c1. The lowest BCUT2D eigenvalue weighted by atomic mass is 9.93. The molecule has 184 valence electrons. The molecule has 35 heavy (non-hydrogen) atoms. The number of thioether (sulfide) groups is 1. The number of halogens is 1. The predicted octanol–water partition coefficient (Wildman–Crippen LogP) is 3.55. The van der Waals surface area contributed by atoms with Crippen molar-refractivity contribution < 1.29 is 14.0 Å². The fourth-order valence-electron chi connectivity index (χ4n) is 5.14. The topological polar surface area (TPSA) is 73.5 Å². The lowest BCUT2D eigenvalue weighted by Gasteiger charge is -2.43. The van der Waals surface area contributed by atoms with Crippen LogP contribution in [0.1, 0.15) is 42.5 Å². The molecular weight excluding hydrogens is 463 g/mol. The summed E-state index contributed by atoms with van der Waals surface area (Å²) in [6, 6.07) is 14.4. The van der Waals surface area contributed by atoms with Crippen LogP contribution in [0, 0.1) is 18.7 Å². The van der Waals surface area contributed by atoms with Gasteiger partial charge in [-0.1, -0.05) is 42.0 Å². The Balaban J connectivity index is 1.18. The van der Waals surface area contributed by atoms with Crippen LogP contribution in [0.2, 0.25) is 0 Å². The van der Waals surface area contributed by atoms with Crippen LogP contribution in [0.25, 0.3) is 5.57 Å². The maximum Gasteiger partial charge on any atom is 0.237 e. The van der Waals surface area contributed by atoms with E-state index in [1.807, 2.05) is 6.92 Å². The third-order valence-corrected chi connectivity index (χ3v) is 8.37. The van der Waals surface area contributed by atoms with Gasteiger partial charge in [-0.05, 0) is 60.9 Å². The Labute approximate surface area is 209 Å². The van der Waals surface area contributed by atoms with Gasteiger partial charge in [0, 0.05) is 19.0 Å². The van der Waals surface area contributed by atoms with Crippen LogP contribution >= 0.6 is 11.8 Å². The van der Waals surface area contributed by atoms with E-state index in [0.29, 0.717) is 0 Å². The van der Waals surface area contributed by atoms with Crippen molar-refractivity contribution >= 4 is 29.1 Å². The Morgan fingerprint density at radius 2 is 1.91 bits per heavy atom. The zero-order valence-electron chi connectivity index (χ0n) is 20.0. The number of nitrogens with zero attached hydrogens (tertiary/aromatic N) is 1. The van der Waals surface area contributed by atoms with Crippen molar-refractivity contribution in [1.82, 2.24) is 20.9 Å². The van der Waals surface area contributed by atoms with Crippen molar-refractivity contribution in [3.8, 4) is 0 Å². The number of nitrogens with one attached hydrogen (secondary N) is 3. The molecule has 5 rings (SSSR count). The molecule has 2 aromatic carbocycles. The van der Waals surface area contributed by atoms with Crippen LogP contribution < -0.4 is 16.0 Å². The predicted molar refractivity (Wildman–Crippen MR) is 137 cm³/mol. The number of carbonyl (C=O) groups excluding carboxylic acids is 2. The van der Waals surface area contributed by atoms with Crippen molar-refractivity contribution in [2.24, 2.45) is 5.92 Å². The summed E-state index contributed by atoms with van der Waals surface area (Å²) in [5.74, 6) is -0.285. The Morgan fingerprint density at radius 3 is 2.63 bits per heavy atom. The van der Waals surface area contributed by atoms with Gasteiger partial charge in [0.25, 0.3) is 0 Å². The van der Waals surface area contributed by atoms with Gasteiger partial charge in [0.05, 0.1) is 12.1 Å². The minimum atomic E-state index is -0.285. The van der Waals surface area contributed by atoms with E-state index in [-0.39, 0.29) is 47.2 Å². The molecule has 0 spiro atoms. The maximum absolute atomic E-state index is 13.2. The largest absolute Gasteiger partial charge is 0.349 e. The monoisotopic (exact) mass is 494 g/mol. The summed E-state index contributed by atoms with van der Waals surface area (Å²) in [5.41, 5.74) is 4.39. The van der Waals surface area contributed by atoms with E-state index in [0.717, 1.165) is 42.6 Å². The average Bonchev–Trinajstić information content (AvgIpc) is 3.29. The normalized spacial score (nSPS) is 26.0. The molecule has 8 heteroatoms. The van der Waals surface area contributed by atoms with Gasteiger partial charge >= 0.3 is 0 Å². The first kappa shape index (κ1) is 24.0. The Morgan fingerprint density at radius 1 is 1.17 bits per heavy atom. The van der Waals surface area contributed by atoms with Gasteiger partial charge in [0.1, 0.15) is 17.4 Å². The molecule has 4 unspecified atom stereocenters. The molecule has 4 atom stereocenters. The van der Waals surface area contributed by atoms with Gasteiger partial charge in [0.2, 0.25) is 11.8 Å². The number of likely N-dealkylation sites (tertiary alicyclic amines) is 1. The zero-order valence-corrected chi connectivity index (χ0v) is 20.8. The van der Waals surface area contributed by atoms with Crippen LogP contribution in [0.5, 0.6) is 0 Å². The van der Waals surface area contributed by atoms with Gasteiger partial charge in [0.15, 0.2) is 0 Å². The highest BCUT2D eigenvalue weighted by Crippen LogP contribution is 2.39. The maximum atomic E-state index is 13.2. The molecule has 3 aliphatic rings. The summed E-state index contributed by atoms with van der Waals surface area (Å²) in [7, 11) is 0. The molecule has 0 aromatic heterocycles. The second-order valence-electron chi connectivity index (χ2n) is 9.65. The molecule has 2 saturated heterocycles. The van der Waals surface area contributed by atoms with E-state index in [4.69, 9.17) is 0 Å². The number of aryl methyl sites for hydroxylation is 1. The van der Waals surface area contributed by atoms with Crippen LogP contribution in [0.4, 0.5) is 4.39 Å². The highest BCUT2D eigenvalue weighted by molar-refractivity contribution is 8.04. The molecule has 0 bridgehead atoms. The van der Waals surface area contributed by atoms with E-state index < -0.39 is 0 Å². The molecule has 2 aromatic rings. The summed E-state index contributed by atoms with van der Waals surface area (Å²) >= 11 is 1.57.